The maximum absolute atomic E-state index is 12.4. The molecule has 2 aromatic rings. The molecule has 4 heteroatoms. The van der Waals surface area contributed by atoms with E-state index in [1.165, 1.54) is 0 Å². The van der Waals surface area contributed by atoms with Gasteiger partial charge in [0.1, 0.15) is 0 Å². The van der Waals surface area contributed by atoms with Crippen molar-refractivity contribution < 1.29 is 4.79 Å². The number of fused-ring (bicyclic) bond motifs is 1. The number of anilines is 1. The fourth-order valence-corrected chi connectivity index (χ4v) is 2.83. The van der Waals surface area contributed by atoms with E-state index in [4.69, 9.17) is 5.73 Å². The van der Waals surface area contributed by atoms with Crippen LogP contribution in [-0.2, 0) is 4.79 Å². The first-order valence-electron chi connectivity index (χ1n) is 7.05. The van der Waals surface area contributed by atoms with Gasteiger partial charge >= 0.3 is 0 Å². The average Bonchev–Trinajstić information content (AvgIpc) is 2.88. The highest BCUT2D eigenvalue weighted by molar-refractivity contribution is 6.04. The summed E-state index contributed by atoms with van der Waals surface area (Å²) in [4.78, 5) is 16.9. The van der Waals surface area contributed by atoms with E-state index in [-0.39, 0.29) is 5.91 Å². The number of benzene rings is 1. The van der Waals surface area contributed by atoms with Gasteiger partial charge in [-0.05, 0) is 31.9 Å². The van der Waals surface area contributed by atoms with Crippen molar-refractivity contribution >= 4 is 22.5 Å². The Morgan fingerprint density at radius 1 is 1.25 bits per heavy atom. The van der Waals surface area contributed by atoms with Gasteiger partial charge in [-0.3, -0.25) is 9.78 Å². The summed E-state index contributed by atoms with van der Waals surface area (Å²) in [5.74, 6) is -0.0918. The molecule has 104 valence electrons. The van der Waals surface area contributed by atoms with Gasteiger partial charge in [0.15, 0.2) is 0 Å². The summed E-state index contributed by atoms with van der Waals surface area (Å²) in [5.41, 5.74) is 7.97. The Bertz CT molecular complexity index is 660. The van der Waals surface area contributed by atoms with E-state index in [0.717, 1.165) is 48.0 Å². The van der Waals surface area contributed by atoms with Gasteiger partial charge in [0.05, 0.1) is 16.7 Å². The van der Waals surface area contributed by atoms with Crippen LogP contribution in [0.5, 0.6) is 0 Å². The largest absolute Gasteiger partial charge is 0.323 e. The molecule has 0 radical (unpaired) electrons. The van der Waals surface area contributed by atoms with Crippen molar-refractivity contribution in [3.63, 3.8) is 0 Å². The third-order valence-corrected chi connectivity index (χ3v) is 4.06. The molecular weight excluding hydrogens is 250 g/mol. The highest BCUT2D eigenvalue weighted by Crippen LogP contribution is 2.29. The first-order chi connectivity index (χ1) is 9.58. The number of hydrogen-bond donors (Lipinski definition) is 2. The van der Waals surface area contributed by atoms with Crippen molar-refractivity contribution in [2.45, 2.75) is 38.1 Å². The zero-order valence-corrected chi connectivity index (χ0v) is 11.6. The van der Waals surface area contributed by atoms with E-state index in [2.05, 4.69) is 10.3 Å². The molecule has 1 saturated carbocycles. The minimum absolute atomic E-state index is 0.0918. The molecule has 1 fully saturated rings. The van der Waals surface area contributed by atoms with Gasteiger partial charge in [-0.25, -0.2) is 0 Å². The minimum Gasteiger partial charge on any atom is -0.323 e. The fourth-order valence-electron chi connectivity index (χ4n) is 2.83. The molecule has 0 atom stereocenters. The van der Waals surface area contributed by atoms with Crippen LogP contribution < -0.4 is 11.1 Å². The molecule has 1 aromatic heterocycles. The number of aromatic nitrogens is 1. The number of rotatable bonds is 2. The molecule has 3 N–H and O–H groups in total. The SMILES string of the molecule is Cc1ccc2cccc(NC(=O)C3(N)CCCC3)c2n1. The van der Waals surface area contributed by atoms with E-state index < -0.39 is 5.54 Å². The molecule has 0 aliphatic heterocycles. The first kappa shape index (κ1) is 13.1. The van der Waals surface area contributed by atoms with Crippen LogP contribution in [0.4, 0.5) is 5.69 Å². The van der Waals surface area contributed by atoms with E-state index in [9.17, 15) is 4.79 Å². The van der Waals surface area contributed by atoms with Crippen molar-refractivity contribution in [2.75, 3.05) is 5.32 Å². The minimum atomic E-state index is -0.716. The Labute approximate surface area is 118 Å². The number of nitrogens with zero attached hydrogens (tertiary/aromatic N) is 1. The van der Waals surface area contributed by atoms with Crippen LogP contribution >= 0.6 is 0 Å². The van der Waals surface area contributed by atoms with Crippen LogP contribution in [0.1, 0.15) is 31.4 Å². The molecule has 1 aromatic carbocycles. The lowest BCUT2D eigenvalue weighted by Crippen LogP contribution is -2.48. The number of para-hydroxylation sites is 1. The van der Waals surface area contributed by atoms with Crippen molar-refractivity contribution in [3.05, 3.63) is 36.0 Å². The lowest BCUT2D eigenvalue weighted by molar-refractivity contribution is -0.120. The zero-order valence-electron chi connectivity index (χ0n) is 11.6. The van der Waals surface area contributed by atoms with Crippen LogP contribution in [-0.4, -0.2) is 16.4 Å². The van der Waals surface area contributed by atoms with Gasteiger partial charge < -0.3 is 11.1 Å². The van der Waals surface area contributed by atoms with E-state index in [0.29, 0.717) is 0 Å². The monoisotopic (exact) mass is 269 g/mol. The summed E-state index contributed by atoms with van der Waals surface area (Å²) >= 11 is 0. The van der Waals surface area contributed by atoms with Gasteiger partial charge in [0.2, 0.25) is 5.91 Å². The number of carbonyl (C=O) groups excluding carboxylic acids is 1. The zero-order chi connectivity index (χ0) is 14.2. The Hall–Kier alpha value is -1.94. The van der Waals surface area contributed by atoms with Gasteiger partial charge in [0.25, 0.3) is 0 Å². The number of nitrogens with one attached hydrogen (secondary N) is 1. The van der Waals surface area contributed by atoms with Crippen molar-refractivity contribution in [1.82, 2.24) is 4.98 Å². The number of nitrogens with two attached hydrogens (primary N) is 1. The van der Waals surface area contributed by atoms with Crippen LogP contribution in [0.3, 0.4) is 0 Å². The van der Waals surface area contributed by atoms with E-state index in [1.54, 1.807) is 0 Å². The Morgan fingerprint density at radius 3 is 2.75 bits per heavy atom. The number of carbonyl (C=O) groups is 1. The van der Waals surface area contributed by atoms with Gasteiger partial charge in [0, 0.05) is 11.1 Å². The molecule has 0 spiro atoms. The quantitative estimate of drug-likeness (QED) is 0.880. The molecule has 0 bridgehead atoms. The molecular formula is C16H19N3O. The maximum atomic E-state index is 12.4. The summed E-state index contributed by atoms with van der Waals surface area (Å²) in [5, 5.41) is 3.99. The summed E-state index contributed by atoms with van der Waals surface area (Å²) < 4.78 is 0. The van der Waals surface area contributed by atoms with Gasteiger partial charge in [-0.1, -0.05) is 31.0 Å². The smallest absolute Gasteiger partial charge is 0.244 e. The average molecular weight is 269 g/mol. The van der Waals surface area contributed by atoms with Crippen molar-refractivity contribution in [1.29, 1.82) is 0 Å². The lowest BCUT2D eigenvalue weighted by Gasteiger charge is -2.22. The third kappa shape index (κ3) is 2.27. The molecule has 1 amide bonds. The Morgan fingerprint density at radius 2 is 2.00 bits per heavy atom. The Kier molecular flexibility index (Phi) is 3.18. The number of amides is 1. The van der Waals surface area contributed by atoms with Crippen LogP contribution in [0.25, 0.3) is 10.9 Å². The predicted molar refractivity (Wildman–Crippen MR) is 80.5 cm³/mol. The second-order valence-corrected chi connectivity index (χ2v) is 5.65. The molecule has 20 heavy (non-hydrogen) atoms. The standard InChI is InChI=1S/C16H19N3O/c1-11-7-8-12-5-4-6-13(14(12)18-11)19-15(20)16(17)9-2-3-10-16/h4-8H,2-3,9-10,17H2,1H3,(H,19,20). The molecule has 3 rings (SSSR count). The second-order valence-electron chi connectivity index (χ2n) is 5.65. The molecule has 1 aliphatic carbocycles. The van der Waals surface area contributed by atoms with E-state index in [1.807, 2.05) is 37.3 Å². The molecule has 1 heterocycles. The maximum Gasteiger partial charge on any atom is 0.244 e. The normalized spacial score (nSPS) is 17.3. The molecule has 4 nitrogen and oxygen atoms in total. The number of hydrogen-bond acceptors (Lipinski definition) is 3. The van der Waals surface area contributed by atoms with E-state index >= 15 is 0 Å². The molecule has 0 saturated heterocycles. The first-order valence-corrected chi connectivity index (χ1v) is 7.05. The van der Waals surface area contributed by atoms with Crippen LogP contribution in [0, 0.1) is 6.92 Å². The highest BCUT2D eigenvalue weighted by Gasteiger charge is 2.37. The number of aryl methyl sites for hydroxylation is 1. The number of pyridine rings is 1. The van der Waals surface area contributed by atoms with Crippen molar-refractivity contribution in [3.8, 4) is 0 Å². The molecule has 0 unspecified atom stereocenters. The summed E-state index contributed by atoms with van der Waals surface area (Å²) in [6.45, 7) is 1.94. The van der Waals surface area contributed by atoms with Gasteiger partial charge in [-0.15, -0.1) is 0 Å². The highest BCUT2D eigenvalue weighted by atomic mass is 16.2. The van der Waals surface area contributed by atoms with Crippen LogP contribution in [0.15, 0.2) is 30.3 Å². The summed E-state index contributed by atoms with van der Waals surface area (Å²) in [6, 6.07) is 9.78. The third-order valence-electron chi connectivity index (χ3n) is 4.06. The summed E-state index contributed by atoms with van der Waals surface area (Å²) in [7, 11) is 0. The topological polar surface area (TPSA) is 68.0 Å². The Balaban J connectivity index is 1.94. The molecule has 1 aliphatic rings. The second kappa shape index (κ2) is 4.87. The van der Waals surface area contributed by atoms with Gasteiger partial charge in [-0.2, -0.15) is 0 Å². The van der Waals surface area contributed by atoms with Crippen molar-refractivity contribution in [2.24, 2.45) is 5.73 Å². The predicted octanol–water partition coefficient (Wildman–Crippen LogP) is 2.75. The fraction of sp³-hybridized carbons (Fsp3) is 0.375. The lowest BCUT2D eigenvalue weighted by atomic mass is 9.98. The van der Waals surface area contributed by atoms with Crippen LogP contribution in [0.2, 0.25) is 0 Å². The summed E-state index contributed by atoms with van der Waals surface area (Å²) in [6.07, 6.45) is 3.57.